The van der Waals surface area contributed by atoms with Gasteiger partial charge in [0.1, 0.15) is 11.3 Å². The number of nitrogens with one attached hydrogen (secondary N) is 1. The van der Waals surface area contributed by atoms with E-state index in [-0.39, 0.29) is 10.6 Å². The molecule has 9 heteroatoms. The van der Waals surface area contributed by atoms with Gasteiger partial charge in [-0.2, -0.15) is 4.31 Å². The molecule has 0 aliphatic carbocycles. The molecule has 0 radical (unpaired) electrons. The van der Waals surface area contributed by atoms with Crippen LogP contribution in [0.2, 0.25) is 0 Å². The lowest BCUT2D eigenvalue weighted by Gasteiger charge is -2.26. The SMILES string of the molecule is Cc1cccc2nc(C(=O)Nc3cc(S(=O)(=O)N4CCCCC4)ccc3N(C)C)cn12. The molecule has 1 saturated heterocycles. The number of hydrogen-bond donors (Lipinski definition) is 1. The Morgan fingerprint density at radius 3 is 2.52 bits per heavy atom. The van der Waals surface area contributed by atoms with E-state index in [1.165, 1.54) is 10.4 Å². The molecule has 1 aliphatic heterocycles. The fourth-order valence-corrected chi connectivity index (χ4v) is 5.41. The Bertz CT molecular complexity index is 1230. The molecule has 1 N–H and O–H groups in total. The van der Waals surface area contributed by atoms with Crippen molar-refractivity contribution < 1.29 is 13.2 Å². The lowest BCUT2D eigenvalue weighted by molar-refractivity contribution is 0.102. The lowest BCUT2D eigenvalue weighted by atomic mass is 10.2. The Balaban J connectivity index is 1.68. The number of piperidine rings is 1. The first-order chi connectivity index (χ1) is 14.8. The second-order valence-electron chi connectivity index (χ2n) is 8.01. The predicted molar refractivity (Wildman–Crippen MR) is 121 cm³/mol. The first kappa shape index (κ1) is 21.3. The van der Waals surface area contributed by atoms with Gasteiger partial charge in [-0.25, -0.2) is 13.4 Å². The van der Waals surface area contributed by atoms with E-state index in [0.717, 1.165) is 25.0 Å². The minimum atomic E-state index is -3.61. The van der Waals surface area contributed by atoms with Crippen LogP contribution in [0.1, 0.15) is 35.4 Å². The summed E-state index contributed by atoms with van der Waals surface area (Å²) in [4.78, 5) is 19.4. The maximum Gasteiger partial charge on any atom is 0.275 e. The van der Waals surface area contributed by atoms with Gasteiger partial charge in [-0.15, -0.1) is 0 Å². The molecule has 0 bridgehead atoms. The Morgan fingerprint density at radius 2 is 1.84 bits per heavy atom. The van der Waals surface area contributed by atoms with E-state index in [9.17, 15) is 13.2 Å². The highest BCUT2D eigenvalue weighted by Gasteiger charge is 2.27. The first-order valence-corrected chi connectivity index (χ1v) is 11.8. The minimum Gasteiger partial charge on any atom is -0.376 e. The van der Waals surface area contributed by atoms with Crippen LogP contribution < -0.4 is 10.2 Å². The number of aryl methyl sites for hydroxylation is 1. The molecule has 0 unspecified atom stereocenters. The normalized spacial score (nSPS) is 15.2. The van der Waals surface area contributed by atoms with Crippen LogP contribution in [-0.2, 0) is 10.0 Å². The summed E-state index contributed by atoms with van der Waals surface area (Å²) >= 11 is 0. The van der Waals surface area contributed by atoms with Gasteiger partial charge in [-0.3, -0.25) is 4.79 Å². The molecule has 1 aromatic carbocycles. The fourth-order valence-electron chi connectivity index (χ4n) is 3.86. The second kappa shape index (κ2) is 8.32. The summed E-state index contributed by atoms with van der Waals surface area (Å²) in [6, 6.07) is 10.5. The summed E-state index contributed by atoms with van der Waals surface area (Å²) in [7, 11) is 0.0808. The maximum atomic E-state index is 13.1. The summed E-state index contributed by atoms with van der Waals surface area (Å²) in [5.74, 6) is -0.390. The number of nitrogens with zero attached hydrogens (tertiary/aromatic N) is 4. The predicted octanol–water partition coefficient (Wildman–Crippen LogP) is 3.14. The van der Waals surface area contributed by atoms with Crippen molar-refractivity contribution in [3.8, 4) is 0 Å². The molecule has 1 amide bonds. The van der Waals surface area contributed by atoms with Gasteiger partial charge >= 0.3 is 0 Å². The van der Waals surface area contributed by atoms with Crippen molar-refractivity contribution in [1.29, 1.82) is 0 Å². The topological polar surface area (TPSA) is 87.0 Å². The van der Waals surface area contributed by atoms with E-state index >= 15 is 0 Å². The van der Waals surface area contributed by atoms with Gasteiger partial charge in [0.25, 0.3) is 5.91 Å². The van der Waals surface area contributed by atoms with Crippen molar-refractivity contribution >= 4 is 33.0 Å². The van der Waals surface area contributed by atoms with Crippen molar-refractivity contribution in [3.05, 3.63) is 54.0 Å². The van der Waals surface area contributed by atoms with Crippen LogP contribution in [0.25, 0.3) is 5.65 Å². The van der Waals surface area contributed by atoms with Gasteiger partial charge in [-0.1, -0.05) is 12.5 Å². The summed E-state index contributed by atoms with van der Waals surface area (Å²) in [5.41, 5.74) is 3.06. The van der Waals surface area contributed by atoms with Crippen molar-refractivity contribution in [3.63, 3.8) is 0 Å². The summed E-state index contributed by atoms with van der Waals surface area (Å²) in [6.07, 6.45) is 4.47. The highest BCUT2D eigenvalue weighted by molar-refractivity contribution is 7.89. The van der Waals surface area contributed by atoms with Crippen LogP contribution in [0.4, 0.5) is 11.4 Å². The number of carbonyl (C=O) groups is 1. The van der Waals surface area contributed by atoms with E-state index in [1.54, 1.807) is 18.3 Å². The number of pyridine rings is 1. The van der Waals surface area contributed by atoms with E-state index < -0.39 is 15.9 Å². The zero-order valence-electron chi connectivity index (χ0n) is 18.0. The largest absolute Gasteiger partial charge is 0.376 e. The number of sulfonamides is 1. The van der Waals surface area contributed by atoms with Crippen LogP contribution in [0.5, 0.6) is 0 Å². The number of imidazole rings is 1. The average Bonchev–Trinajstić information content (AvgIpc) is 3.20. The molecule has 164 valence electrons. The van der Waals surface area contributed by atoms with Crippen LogP contribution in [0.3, 0.4) is 0 Å². The van der Waals surface area contributed by atoms with Gasteiger partial charge < -0.3 is 14.6 Å². The molecule has 1 aliphatic rings. The first-order valence-electron chi connectivity index (χ1n) is 10.3. The molecular formula is C22H27N5O3S. The molecule has 31 heavy (non-hydrogen) atoms. The second-order valence-corrected chi connectivity index (χ2v) is 9.95. The number of anilines is 2. The van der Waals surface area contributed by atoms with E-state index in [4.69, 9.17) is 0 Å². The quantitative estimate of drug-likeness (QED) is 0.657. The van der Waals surface area contributed by atoms with Crippen LogP contribution in [0.15, 0.2) is 47.5 Å². The lowest BCUT2D eigenvalue weighted by Crippen LogP contribution is -2.35. The van der Waals surface area contributed by atoms with Crippen molar-refractivity contribution in [2.75, 3.05) is 37.4 Å². The molecule has 0 atom stereocenters. The number of aromatic nitrogens is 2. The molecule has 3 aromatic rings. The van der Waals surface area contributed by atoms with Gasteiger partial charge in [0, 0.05) is 39.1 Å². The number of carbonyl (C=O) groups excluding carboxylic acids is 1. The van der Waals surface area contributed by atoms with Crippen LogP contribution in [0, 0.1) is 6.92 Å². The van der Waals surface area contributed by atoms with Crippen LogP contribution >= 0.6 is 0 Å². The Morgan fingerprint density at radius 1 is 1.10 bits per heavy atom. The van der Waals surface area contributed by atoms with Crippen molar-refractivity contribution in [2.24, 2.45) is 0 Å². The van der Waals surface area contributed by atoms with E-state index in [1.807, 2.05) is 48.5 Å². The Hall–Kier alpha value is -2.91. The van der Waals surface area contributed by atoms with Crippen LogP contribution in [-0.4, -0.2) is 55.2 Å². The highest BCUT2D eigenvalue weighted by Crippen LogP contribution is 2.30. The van der Waals surface area contributed by atoms with Crippen molar-refractivity contribution in [1.82, 2.24) is 13.7 Å². The van der Waals surface area contributed by atoms with Crippen molar-refractivity contribution in [2.45, 2.75) is 31.1 Å². The zero-order chi connectivity index (χ0) is 22.2. The Labute approximate surface area is 182 Å². The average molecular weight is 442 g/mol. The third-order valence-corrected chi connectivity index (χ3v) is 7.47. The standard InChI is InChI=1S/C22H27N5O3S/c1-16-8-7-9-21-23-19(15-27(16)21)22(28)24-18-14-17(10-11-20(18)25(2)3)31(29,30)26-12-5-4-6-13-26/h7-11,14-15H,4-6,12-13H2,1-3H3,(H,24,28). The molecule has 8 nitrogen and oxygen atoms in total. The highest BCUT2D eigenvalue weighted by atomic mass is 32.2. The number of amides is 1. The molecule has 3 heterocycles. The van der Waals surface area contributed by atoms with Gasteiger partial charge in [0.05, 0.1) is 16.3 Å². The summed E-state index contributed by atoms with van der Waals surface area (Å²) < 4.78 is 29.6. The number of benzene rings is 1. The smallest absolute Gasteiger partial charge is 0.275 e. The molecule has 0 spiro atoms. The summed E-state index contributed by atoms with van der Waals surface area (Å²) in [6.45, 7) is 3.00. The third kappa shape index (κ3) is 4.15. The zero-order valence-corrected chi connectivity index (χ0v) is 18.8. The molecule has 2 aromatic heterocycles. The maximum absolute atomic E-state index is 13.1. The van der Waals surface area contributed by atoms with Gasteiger partial charge in [-0.05, 0) is 50.1 Å². The third-order valence-electron chi connectivity index (χ3n) is 5.58. The monoisotopic (exact) mass is 441 g/mol. The molecule has 0 saturated carbocycles. The molecular weight excluding hydrogens is 414 g/mol. The Kier molecular flexibility index (Phi) is 5.72. The number of hydrogen-bond acceptors (Lipinski definition) is 5. The molecule has 4 rings (SSSR count). The van der Waals surface area contributed by atoms with E-state index in [0.29, 0.717) is 30.1 Å². The fraction of sp³-hybridized carbons (Fsp3) is 0.364. The van der Waals surface area contributed by atoms with Gasteiger partial charge in [0.2, 0.25) is 10.0 Å². The minimum absolute atomic E-state index is 0.182. The summed E-state index contributed by atoms with van der Waals surface area (Å²) in [5, 5.41) is 2.86. The number of rotatable bonds is 5. The number of fused-ring (bicyclic) bond motifs is 1. The van der Waals surface area contributed by atoms with E-state index in [2.05, 4.69) is 10.3 Å². The van der Waals surface area contributed by atoms with Gasteiger partial charge in [0.15, 0.2) is 0 Å². The molecule has 1 fully saturated rings.